The number of nitrogens with zero attached hydrogens (tertiary/aromatic N) is 7. The summed E-state index contributed by atoms with van der Waals surface area (Å²) in [6.07, 6.45) is -0.512. The maximum absolute atomic E-state index is 15.1. The molecule has 1 atom stereocenters. The zero-order valence-electron chi connectivity index (χ0n) is 23.1. The molecule has 4 aromatic rings. The minimum absolute atomic E-state index is 0.120. The summed E-state index contributed by atoms with van der Waals surface area (Å²) in [6.45, 7) is 5.44. The second-order valence-corrected chi connectivity index (χ2v) is 10.9. The van der Waals surface area contributed by atoms with Gasteiger partial charge in [-0.3, -0.25) is 18.9 Å². The lowest BCUT2D eigenvalue weighted by atomic mass is 9.95. The number of anilines is 2. The Morgan fingerprint density at radius 1 is 1.17 bits per heavy atom. The van der Waals surface area contributed by atoms with E-state index < -0.39 is 23.6 Å². The molecule has 13 nitrogen and oxygen atoms in total. The predicted molar refractivity (Wildman–Crippen MR) is 144 cm³/mol. The molecule has 1 aromatic carbocycles. The smallest absolute Gasteiger partial charge is 0.415 e. The van der Waals surface area contributed by atoms with Crippen LogP contribution in [0.4, 0.5) is 25.6 Å². The fraction of sp³-hybridized carbons (Fsp3) is 0.370. The number of pyridine rings is 1. The third-order valence-electron chi connectivity index (χ3n) is 7.02. The molecule has 2 amide bonds. The van der Waals surface area contributed by atoms with E-state index >= 15 is 4.39 Å². The fourth-order valence-corrected chi connectivity index (χ4v) is 5.14. The van der Waals surface area contributed by atoms with Crippen molar-refractivity contribution in [2.24, 2.45) is 7.05 Å². The number of carbonyl (C=O) groups is 2. The highest BCUT2D eigenvalue weighted by atomic mass is 19.1. The van der Waals surface area contributed by atoms with E-state index in [1.165, 1.54) is 21.7 Å². The van der Waals surface area contributed by atoms with E-state index in [0.29, 0.717) is 34.0 Å². The van der Waals surface area contributed by atoms with E-state index in [1.807, 2.05) is 0 Å². The molecular weight excluding hydrogens is 537 g/mol. The summed E-state index contributed by atoms with van der Waals surface area (Å²) in [5, 5.41) is 23.1. The van der Waals surface area contributed by atoms with Gasteiger partial charge in [0, 0.05) is 36.9 Å². The first kappa shape index (κ1) is 26.3. The van der Waals surface area contributed by atoms with Gasteiger partial charge in [-0.15, -0.1) is 10.2 Å². The molecule has 0 spiro atoms. The monoisotopic (exact) mass is 565 g/mol. The van der Waals surface area contributed by atoms with Crippen molar-refractivity contribution in [2.45, 2.75) is 38.8 Å². The first-order chi connectivity index (χ1) is 19.4. The third kappa shape index (κ3) is 4.44. The van der Waals surface area contributed by atoms with Crippen LogP contribution in [0.15, 0.2) is 30.6 Å². The number of fused-ring (bicyclic) bond motifs is 3. The van der Waals surface area contributed by atoms with Crippen molar-refractivity contribution < 1.29 is 33.3 Å². The number of ether oxygens (including phenoxy) is 3. The Morgan fingerprint density at radius 3 is 2.61 bits per heavy atom. The summed E-state index contributed by atoms with van der Waals surface area (Å²) in [5.41, 5.74) is 1.54. The summed E-state index contributed by atoms with van der Waals surface area (Å²) in [7, 11) is 3.26. The quantitative estimate of drug-likeness (QED) is 0.379. The van der Waals surface area contributed by atoms with Gasteiger partial charge in [0.2, 0.25) is 0 Å². The predicted octanol–water partition coefficient (Wildman–Crippen LogP) is 4.19. The Balaban J connectivity index is 1.48. The second-order valence-electron chi connectivity index (χ2n) is 10.9. The van der Waals surface area contributed by atoms with Crippen molar-refractivity contribution in [3.8, 4) is 22.8 Å². The van der Waals surface area contributed by atoms with E-state index in [9.17, 15) is 14.7 Å². The maximum Gasteiger partial charge on any atom is 0.415 e. The van der Waals surface area contributed by atoms with Crippen molar-refractivity contribution in [3.63, 3.8) is 0 Å². The Bertz CT molecular complexity index is 1710. The van der Waals surface area contributed by atoms with Gasteiger partial charge in [0.05, 0.1) is 31.4 Å². The molecule has 2 aliphatic heterocycles. The van der Waals surface area contributed by atoms with Crippen LogP contribution in [0.3, 0.4) is 0 Å². The van der Waals surface area contributed by atoms with Gasteiger partial charge in [0.25, 0.3) is 0 Å². The third-order valence-corrected chi connectivity index (χ3v) is 7.02. The molecule has 0 saturated carbocycles. The molecule has 0 saturated heterocycles. The number of carbonyl (C=O) groups excluding carboxylic acids is 1. The van der Waals surface area contributed by atoms with Crippen molar-refractivity contribution in [1.29, 1.82) is 0 Å². The second kappa shape index (κ2) is 9.35. The first-order valence-corrected chi connectivity index (χ1v) is 12.9. The molecule has 1 N–H and O–H groups in total. The van der Waals surface area contributed by atoms with Gasteiger partial charge >= 0.3 is 12.2 Å². The van der Waals surface area contributed by atoms with E-state index in [2.05, 4.69) is 15.3 Å². The normalized spacial score (nSPS) is 16.1. The van der Waals surface area contributed by atoms with Crippen LogP contribution in [0, 0.1) is 5.82 Å². The molecule has 0 unspecified atom stereocenters. The van der Waals surface area contributed by atoms with Crippen molar-refractivity contribution >= 4 is 29.5 Å². The van der Waals surface area contributed by atoms with Gasteiger partial charge in [0.1, 0.15) is 23.5 Å². The van der Waals surface area contributed by atoms with E-state index in [0.717, 1.165) is 4.90 Å². The molecule has 0 radical (unpaired) electrons. The highest BCUT2D eigenvalue weighted by molar-refractivity contribution is 5.91. The van der Waals surface area contributed by atoms with Crippen molar-refractivity contribution in [1.82, 2.24) is 24.4 Å². The lowest BCUT2D eigenvalue weighted by Crippen LogP contribution is -2.34. The zero-order chi connectivity index (χ0) is 29.2. The number of amides is 2. The average Bonchev–Trinajstić information content (AvgIpc) is 3.63. The molecule has 41 heavy (non-hydrogen) atoms. The number of aromatic nitrogens is 5. The Labute approximate surface area is 233 Å². The molecule has 2 aliphatic rings. The van der Waals surface area contributed by atoms with Gasteiger partial charge in [-0.1, -0.05) is 0 Å². The van der Waals surface area contributed by atoms with Crippen LogP contribution in [-0.2, 0) is 18.3 Å². The number of benzene rings is 1. The van der Waals surface area contributed by atoms with Crippen LogP contribution < -0.4 is 19.3 Å². The van der Waals surface area contributed by atoms with Gasteiger partial charge in [0.15, 0.2) is 23.0 Å². The molecule has 3 aromatic heterocycles. The number of rotatable bonds is 2. The van der Waals surface area contributed by atoms with Crippen LogP contribution in [-0.4, -0.2) is 67.5 Å². The molecule has 0 bridgehead atoms. The van der Waals surface area contributed by atoms with Crippen molar-refractivity contribution in [3.05, 3.63) is 47.5 Å². The molecular formula is C27H28FN7O6. The number of aryl methyl sites for hydroxylation is 1. The van der Waals surface area contributed by atoms with Gasteiger partial charge in [-0.25, -0.2) is 14.0 Å². The van der Waals surface area contributed by atoms with E-state index in [4.69, 9.17) is 14.2 Å². The lowest BCUT2D eigenvalue weighted by molar-refractivity contribution is 0.0588. The summed E-state index contributed by atoms with van der Waals surface area (Å²) in [4.78, 5) is 27.6. The van der Waals surface area contributed by atoms with Crippen LogP contribution in [0.2, 0.25) is 0 Å². The van der Waals surface area contributed by atoms with Gasteiger partial charge in [-0.05, 0) is 39.0 Å². The topological polar surface area (TPSA) is 137 Å². The largest absolute Gasteiger partial charge is 0.493 e. The molecule has 5 heterocycles. The Hall–Kier alpha value is -4.88. The Morgan fingerprint density at radius 2 is 1.90 bits per heavy atom. The van der Waals surface area contributed by atoms with Crippen LogP contribution in [0.25, 0.3) is 16.9 Å². The number of halogens is 1. The average molecular weight is 566 g/mol. The van der Waals surface area contributed by atoms with Crippen LogP contribution in [0.5, 0.6) is 11.5 Å². The van der Waals surface area contributed by atoms with Crippen molar-refractivity contribution in [2.75, 3.05) is 30.1 Å². The summed E-state index contributed by atoms with van der Waals surface area (Å²) < 4.78 is 35.7. The molecule has 6 rings (SSSR count). The summed E-state index contributed by atoms with van der Waals surface area (Å²) in [5.74, 6) is 0.364. The molecule has 14 heteroatoms. The highest BCUT2D eigenvalue weighted by Gasteiger charge is 2.36. The van der Waals surface area contributed by atoms with Gasteiger partial charge in [-0.2, -0.15) is 5.10 Å². The minimum atomic E-state index is -1.31. The lowest BCUT2D eigenvalue weighted by Gasteiger charge is -2.23. The SMILES string of the molecule is CN(C(=O)OC(C)(C)C)c1cc(-c2cc3c(n4cnnc24)N(C(=O)O)Cc2c(F)ccc4c2[C@@H](CO4)CO3)n(C)n1. The van der Waals surface area contributed by atoms with E-state index in [-0.39, 0.29) is 42.8 Å². The number of carboxylic acid groups (broad SMARTS) is 1. The van der Waals surface area contributed by atoms with E-state index in [1.54, 1.807) is 57.7 Å². The first-order valence-electron chi connectivity index (χ1n) is 12.9. The number of hydrogen-bond donors (Lipinski definition) is 1. The minimum Gasteiger partial charge on any atom is -0.493 e. The summed E-state index contributed by atoms with van der Waals surface area (Å²) >= 11 is 0. The molecule has 0 aliphatic carbocycles. The summed E-state index contributed by atoms with van der Waals surface area (Å²) in [6, 6.07) is 6.18. The highest BCUT2D eigenvalue weighted by Crippen LogP contribution is 2.44. The standard InChI is InChI=1S/C27H28FN7O6/c1-27(2,3)41-26(38)32(4)21-9-18(33(5)31-21)15-8-20-24(35-13-29-30-23(15)35)34(25(36)37)10-16-17(28)6-7-19-22(16)14(11-39-19)12-40-20/h6-9,13-14H,10-12H2,1-5H3,(H,36,37)/t14-/m0/s1. The fourth-order valence-electron chi connectivity index (χ4n) is 5.14. The molecule has 0 fully saturated rings. The molecule has 214 valence electrons. The van der Waals surface area contributed by atoms with Gasteiger partial charge < -0.3 is 19.3 Å². The zero-order valence-corrected chi connectivity index (χ0v) is 23.1. The Kier molecular flexibility index (Phi) is 6.01. The van der Waals surface area contributed by atoms with Crippen LogP contribution >= 0.6 is 0 Å². The van der Waals surface area contributed by atoms with Crippen LogP contribution in [0.1, 0.15) is 37.8 Å². The number of hydrogen-bond acceptors (Lipinski definition) is 8. The maximum atomic E-state index is 15.1.